The summed E-state index contributed by atoms with van der Waals surface area (Å²) in [6, 6.07) is 5.54. The number of carbonyl (C=O) groups excluding carboxylic acids is 1. The van der Waals surface area contributed by atoms with Crippen molar-refractivity contribution in [2.45, 2.75) is 38.5 Å². The molecule has 1 aliphatic carbocycles. The van der Waals surface area contributed by atoms with Crippen molar-refractivity contribution in [3.63, 3.8) is 0 Å². The Morgan fingerprint density at radius 1 is 1.19 bits per heavy atom. The monoisotopic (exact) mass is 388 g/mol. The molecule has 0 aliphatic heterocycles. The molecule has 0 heterocycles. The van der Waals surface area contributed by atoms with E-state index in [9.17, 15) is 10.1 Å². The first-order valence-electron chi connectivity index (χ1n) is 6.86. The van der Waals surface area contributed by atoms with Gasteiger partial charge in [-0.1, -0.05) is 64.8 Å². The van der Waals surface area contributed by atoms with E-state index in [4.69, 9.17) is 23.2 Å². The van der Waals surface area contributed by atoms with Crippen molar-refractivity contribution in [2.75, 3.05) is 5.32 Å². The summed E-state index contributed by atoms with van der Waals surface area (Å²) in [5.41, 5.74) is -0.610. The number of amides is 1. The standard InChI is InChI=1S/C15H15BrCl2N2O/c16-10-7-11(17)13(12(18)8-10)20-14(21)15(9-19)5-3-1-2-4-6-15/h7-8H,1-6H2,(H,20,21). The van der Waals surface area contributed by atoms with Crippen LogP contribution >= 0.6 is 39.1 Å². The van der Waals surface area contributed by atoms with Crippen LogP contribution in [0.15, 0.2) is 16.6 Å². The van der Waals surface area contributed by atoms with Crippen LogP contribution in [0.5, 0.6) is 0 Å². The van der Waals surface area contributed by atoms with Crippen LogP contribution in [-0.4, -0.2) is 5.91 Å². The third kappa shape index (κ3) is 3.71. The molecule has 1 aromatic rings. The molecule has 2 rings (SSSR count). The van der Waals surface area contributed by atoms with Gasteiger partial charge in [-0.25, -0.2) is 0 Å². The SMILES string of the molecule is N#CC1(C(=O)Nc2c(Cl)cc(Br)cc2Cl)CCCCCC1. The van der Waals surface area contributed by atoms with Crippen molar-refractivity contribution >= 4 is 50.7 Å². The highest BCUT2D eigenvalue weighted by Crippen LogP contribution is 2.38. The molecule has 0 unspecified atom stereocenters. The zero-order valence-electron chi connectivity index (χ0n) is 11.4. The number of anilines is 1. The summed E-state index contributed by atoms with van der Waals surface area (Å²) in [5, 5.41) is 13.0. The number of carbonyl (C=O) groups is 1. The number of nitriles is 1. The zero-order chi connectivity index (χ0) is 15.5. The molecule has 0 atom stereocenters. The Labute approximate surface area is 142 Å². The molecule has 3 nitrogen and oxygen atoms in total. The minimum absolute atomic E-state index is 0.307. The quantitative estimate of drug-likeness (QED) is 0.673. The molecule has 0 bridgehead atoms. The van der Waals surface area contributed by atoms with Gasteiger partial charge in [-0.15, -0.1) is 0 Å². The van der Waals surface area contributed by atoms with E-state index < -0.39 is 5.41 Å². The van der Waals surface area contributed by atoms with Crippen LogP contribution in [0.4, 0.5) is 5.69 Å². The molecule has 0 aromatic heterocycles. The Kier molecular flexibility index (Phi) is 5.54. The number of benzene rings is 1. The second kappa shape index (κ2) is 7.00. The van der Waals surface area contributed by atoms with Gasteiger partial charge in [0, 0.05) is 4.47 Å². The van der Waals surface area contributed by atoms with Gasteiger partial charge in [0.1, 0.15) is 5.41 Å². The molecule has 0 spiro atoms. The van der Waals surface area contributed by atoms with Crippen LogP contribution in [0.25, 0.3) is 0 Å². The van der Waals surface area contributed by atoms with E-state index in [1.807, 2.05) is 0 Å². The summed E-state index contributed by atoms with van der Waals surface area (Å²) in [6.45, 7) is 0. The van der Waals surface area contributed by atoms with E-state index in [0.717, 1.165) is 30.2 Å². The van der Waals surface area contributed by atoms with Crippen LogP contribution in [0.2, 0.25) is 10.0 Å². The van der Waals surface area contributed by atoms with E-state index in [-0.39, 0.29) is 5.91 Å². The van der Waals surface area contributed by atoms with Gasteiger partial charge in [-0.3, -0.25) is 4.79 Å². The van der Waals surface area contributed by atoms with Crippen molar-refractivity contribution < 1.29 is 4.79 Å². The highest BCUT2D eigenvalue weighted by Gasteiger charge is 2.39. The number of hydrogen-bond acceptors (Lipinski definition) is 2. The highest BCUT2D eigenvalue weighted by atomic mass is 79.9. The normalized spacial score (nSPS) is 17.6. The molecule has 0 saturated heterocycles. The topological polar surface area (TPSA) is 52.9 Å². The van der Waals surface area contributed by atoms with E-state index in [2.05, 4.69) is 27.3 Å². The summed E-state index contributed by atoms with van der Waals surface area (Å²) < 4.78 is 0.736. The van der Waals surface area contributed by atoms with Crippen LogP contribution in [0, 0.1) is 16.7 Å². The molecule has 1 aromatic carbocycles. The lowest BCUT2D eigenvalue weighted by Crippen LogP contribution is -2.34. The van der Waals surface area contributed by atoms with Gasteiger partial charge in [-0.2, -0.15) is 5.26 Å². The highest BCUT2D eigenvalue weighted by molar-refractivity contribution is 9.10. The number of rotatable bonds is 2. The summed E-state index contributed by atoms with van der Waals surface area (Å²) in [7, 11) is 0. The summed E-state index contributed by atoms with van der Waals surface area (Å²) >= 11 is 15.5. The number of halogens is 3. The third-order valence-corrected chi connectivity index (χ3v) is 4.91. The first-order valence-corrected chi connectivity index (χ1v) is 8.41. The predicted octanol–water partition coefficient (Wildman–Crippen LogP) is 5.56. The minimum Gasteiger partial charge on any atom is -0.322 e. The lowest BCUT2D eigenvalue weighted by molar-refractivity contribution is -0.123. The Balaban J connectivity index is 2.26. The predicted molar refractivity (Wildman–Crippen MR) is 88.5 cm³/mol. The average Bonchev–Trinajstić information content (AvgIpc) is 2.68. The maximum atomic E-state index is 12.6. The van der Waals surface area contributed by atoms with Crippen LogP contribution in [0.1, 0.15) is 38.5 Å². The molecular formula is C15H15BrCl2N2O. The first kappa shape index (κ1) is 16.6. The average molecular weight is 390 g/mol. The lowest BCUT2D eigenvalue weighted by Gasteiger charge is -2.24. The fourth-order valence-electron chi connectivity index (χ4n) is 2.62. The zero-order valence-corrected chi connectivity index (χ0v) is 14.5. The molecule has 6 heteroatoms. The Bertz CT molecular complexity index is 567. The van der Waals surface area contributed by atoms with Gasteiger partial charge in [0.25, 0.3) is 0 Å². The molecule has 0 radical (unpaired) electrons. The second-order valence-electron chi connectivity index (χ2n) is 5.31. The van der Waals surface area contributed by atoms with Crippen molar-refractivity contribution in [3.05, 3.63) is 26.7 Å². The molecule has 1 fully saturated rings. The Hall–Kier alpha value is -0.760. The molecule has 1 N–H and O–H groups in total. The Morgan fingerprint density at radius 3 is 2.19 bits per heavy atom. The number of nitrogens with zero attached hydrogens (tertiary/aromatic N) is 1. The first-order chi connectivity index (χ1) is 9.98. The maximum absolute atomic E-state index is 12.6. The van der Waals surface area contributed by atoms with Gasteiger partial charge in [-0.05, 0) is 25.0 Å². The maximum Gasteiger partial charge on any atom is 0.244 e. The van der Waals surface area contributed by atoms with E-state index in [1.165, 1.54) is 0 Å². The smallest absolute Gasteiger partial charge is 0.244 e. The Morgan fingerprint density at radius 2 is 1.71 bits per heavy atom. The van der Waals surface area contributed by atoms with Gasteiger partial charge in [0.05, 0.1) is 21.8 Å². The van der Waals surface area contributed by atoms with E-state index in [1.54, 1.807) is 12.1 Å². The summed E-state index contributed by atoms with van der Waals surface area (Å²) in [6.07, 6.45) is 5.08. The molecule has 112 valence electrons. The molecular weight excluding hydrogens is 375 g/mol. The van der Waals surface area contributed by atoms with E-state index >= 15 is 0 Å². The van der Waals surface area contributed by atoms with Gasteiger partial charge in [0.2, 0.25) is 5.91 Å². The lowest BCUT2D eigenvalue weighted by atomic mass is 9.81. The second-order valence-corrected chi connectivity index (χ2v) is 7.04. The fraction of sp³-hybridized carbons (Fsp3) is 0.467. The van der Waals surface area contributed by atoms with Crippen LogP contribution in [-0.2, 0) is 4.79 Å². The van der Waals surface area contributed by atoms with Crippen molar-refractivity contribution in [1.29, 1.82) is 5.26 Å². The largest absolute Gasteiger partial charge is 0.322 e. The number of hydrogen-bond donors (Lipinski definition) is 1. The van der Waals surface area contributed by atoms with Crippen molar-refractivity contribution in [1.82, 2.24) is 0 Å². The molecule has 21 heavy (non-hydrogen) atoms. The van der Waals surface area contributed by atoms with Crippen LogP contribution in [0.3, 0.4) is 0 Å². The summed E-state index contributed by atoms with van der Waals surface area (Å²) in [5.74, 6) is -0.307. The van der Waals surface area contributed by atoms with Crippen molar-refractivity contribution in [2.24, 2.45) is 5.41 Å². The molecule has 1 aliphatic rings. The van der Waals surface area contributed by atoms with Gasteiger partial charge < -0.3 is 5.32 Å². The van der Waals surface area contributed by atoms with E-state index in [0.29, 0.717) is 28.6 Å². The van der Waals surface area contributed by atoms with Gasteiger partial charge in [0.15, 0.2) is 0 Å². The third-order valence-electron chi connectivity index (χ3n) is 3.85. The molecule has 1 amide bonds. The van der Waals surface area contributed by atoms with Crippen LogP contribution < -0.4 is 5.32 Å². The fourth-order valence-corrected chi connectivity index (χ4v) is 3.92. The number of nitrogens with one attached hydrogen (secondary N) is 1. The summed E-state index contributed by atoms with van der Waals surface area (Å²) in [4.78, 5) is 12.6. The molecule has 1 saturated carbocycles. The van der Waals surface area contributed by atoms with Crippen molar-refractivity contribution in [3.8, 4) is 6.07 Å². The van der Waals surface area contributed by atoms with Gasteiger partial charge >= 0.3 is 0 Å². The minimum atomic E-state index is -0.976.